The van der Waals surface area contributed by atoms with E-state index in [4.69, 9.17) is 5.11 Å². The summed E-state index contributed by atoms with van der Waals surface area (Å²) in [6, 6.07) is 5.81. The third kappa shape index (κ3) is 4.86. The standard InChI is InChI=1S/C13H18N2O3/c1-9(2)6-7-14-13(18)15-11-5-3-4-10(8-11)12(16)17/h3-5,8-9H,6-7H2,1-2H3,(H,16,17)(H2,14,15,18). The molecule has 0 aliphatic carbocycles. The van der Waals surface area contributed by atoms with Gasteiger partial charge >= 0.3 is 12.0 Å². The Morgan fingerprint density at radius 3 is 2.67 bits per heavy atom. The van der Waals surface area contributed by atoms with E-state index in [1.165, 1.54) is 12.1 Å². The van der Waals surface area contributed by atoms with Crippen LogP contribution in [0, 0.1) is 5.92 Å². The van der Waals surface area contributed by atoms with Gasteiger partial charge in [0.25, 0.3) is 0 Å². The fourth-order valence-corrected chi connectivity index (χ4v) is 1.38. The number of hydrogen-bond donors (Lipinski definition) is 3. The third-order valence-corrected chi connectivity index (χ3v) is 2.37. The Bertz CT molecular complexity index is 430. The number of anilines is 1. The fourth-order valence-electron chi connectivity index (χ4n) is 1.38. The molecule has 1 rings (SSSR count). The molecule has 0 atom stereocenters. The lowest BCUT2D eigenvalue weighted by atomic mass is 10.1. The number of carbonyl (C=O) groups excluding carboxylic acids is 1. The largest absolute Gasteiger partial charge is 0.478 e. The highest BCUT2D eigenvalue weighted by Crippen LogP contribution is 2.10. The van der Waals surface area contributed by atoms with Crippen LogP contribution in [0.25, 0.3) is 0 Å². The van der Waals surface area contributed by atoms with E-state index < -0.39 is 5.97 Å². The predicted octanol–water partition coefficient (Wildman–Crippen LogP) is 2.55. The van der Waals surface area contributed by atoms with Crippen LogP contribution >= 0.6 is 0 Å². The van der Waals surface area contributed by atoms with Gasteiger partial charge in [-0.2, -0.15) is 0 Å². The number of carboxylic acid groups (broad SMARTS) is 1. The first-order valence-corrected chi connectivity index (χ1v) is 5.87. The van der Waals surface area contributed by atoms with Crippen LogP contribution in [-0.4, -0.2) is 23.7 Å². The SMILES string of the molecule is CC(C)CCNC(=O)Nc1cccc(C(=O)O)c1. The van der Waals surface area contributed by atoms with Gasteiger partial charge in [0.05, 0.1) is 5.56 Å². The molecule has 1 aromatic carbocycles. The van der Waals surface area contributed by atoms with E-state index in [1.54, 1.807) is 12.1 Å². The number of carboxylic acids is 1. The first-order valence-electron chi connectivity index (χ1n) is 5.87. The molecule has 0 saturated carbocycles. The van der Waals surface area contributed by atoms with Crippen LogP contribution in [0.4, 0.5) is 10.5 Å². The molecule has 3 N–H and O–H groups in total. The Morgan fingerprint density at radius 1 is 1.33 bits per heavy atom. The summed E-state index contributed by atoms with van der Waals surface area (Å²) in [4.78, 5) is 22.3. The van der Waals surface area contributed by atoms with Crippen molar-refractivity contribution in [2.45, 2.75) is 20.3 Å². The molecule has 1 aromatic rings. The molecule has 0 fully saturated rings. The molecule has 98 valence electrons. The molecule has 18 heavy (non-hydrogen) atoms. The van der Waals surface area contributed by atoms with Crippen molar-refractivity contribution in [3.05, 3.63) is 29.8 Å². The van der Waals surface area contributed by atoms with E-state index in [-0.39, 0.29) is 11.6 Å². The molecule has 0 bridgehead atoms. The van der Waals surface area contributed by atoms with Gasteiger partial charge in [-0.15, -0.1) is 0 Å². The highest BCUT2D eigenvalue weighted by Gasteiger charge is 2.05. The number of urea groups is 1. The first kappa shape index (κ1) is 14.0. The van der Waals surface area contributed by atoms with E-state index in [0.717, 1.165) is 6.42 Å². The lowest BCUT2D eigenvalue weighted by Crippen LogP contribution is -2.30. The highest BCUT2D eigenvalue weighted by atomic mass is 16.4. The summed E-state index contributed by atoms with van der Waals surface area (Å²) in [7, 11) is 0. The second kappa shape index (κ2) is 6.64. The molecule has 0 radical (unpaired) electrons. The van der Waals surface area contributed by atoms with Crippen LogP contribution in [0.1, 0.15) is 30.6 Å². The zero-order valence-corrected chi connectivity index (χ0v) is 10.6. The summed E-state index contributed by atoms with van der Waals surface area (Å²) >= 11 is 0. The van der Waals surface area contributed by atoms with Gasteiger partial charge in [-0.05, 0) is 30.5 Å². The van der Waals surface area contributed by atoms with Crippen molar-refractivity contribution in [1.82, 2.24) is 5.32 Å². The molecular weight excluding hydrogens is 232 g/mol. The van der Waals surface area contributed by atoms with Gasteiger partial charge in [-0.1, -0.05) is 19.9 Å². The smallest absolute Gasteiger partial charge is 0.335 e. The number of amides is 2. The summed E-state index contributed by atoms with van der Waals surface area (Å²) < 4.78 is 0. The number of rotatable bonds is 5. The maximum Gasteiger partial charge on any atom is 0.335 e. The Kier molecular flexibility index (Phi) is 5.17. The zero-order chi connectivity index (χ0) is 13.5. The molecule has 5 heteroatoms. The second-order valence-corrected chi connectivity index (χ2v) is 4.45. The van der Waals surface area contributed by atoms with Crippen LogP contribution in [0.3, 0.4) is 0 Å². The van der Waals surface area contributed by atoms with Gasteiger partial charge in [0, 0.05) is 12.2 Å². The zero-order valence-electron chi connectivity index (χ0n) is 10.6. The molecule has 2 amide bonds. The Hall–Kier alpha value is -2.04. The molecule has 0 aliphatic rings. The maximum atomic E-state index is 11.5. The highest BCUT2D eigenvalue weighted by molar-refractivity contribution is 5.93. The van der Waals surface area contributed by atoms with E-state index in [2.05, 4.69) is 24.5 Å². The van der Waals surface area contributed by atoms with Gasteiger partial charge < -0.3 is 15.7 Å². The van der Waals surface area contributed by atoms with Crippen molar-refractivity contribution in [3.63, 3.8) is 0 Å². The summed E-state index contributed by atoms with van der Waals surface area (Å²) in [6.45, 7) is 4.76. The summed E-state index contributed by atoms with van der Waals surface area (Å²) in [5.41, 5.74) is 0.618. The first-order chi connectivity index (χ1) is 8.49. The Labute approximate surface area is 106 Å². The van der Waals surface area contributed by atoms with E-state index in [9.17, 15) is 9.59 Å². The molecule has 5 nitrogen and oxygen atoms in total. The summed E-state index contributed by atoms with van der Waals surface area (Å²) in [5, 5.41) is 14.1. The van der Waals surface area contributed by atoms with E-state index in [0.29, 0.717) is 18.2 Å². The van der Waals surface area contributed by atoms with Crippen molar-refractivity contribution in [2.75, 3.05) is 11.9 Å². The summed E-state index contributed by atoms with van der Waals surface area (Å²) in [5.74, 6) is -0.487. The third-order valence-electron chi connectivity index (χ3n) is 2.37. The lowest BCUT2D eigenvalue weighted by Gasteiger charge is -2.09. The van der Waals surface area contributed by atoms with Crippen LogP contribution in [0.2, 0.25) is 0 Å². The normalized spacial score (nSPS) is 10.2. The number of carbonyl (C=O) groups is 2. The fraction of sp³-hybridized carbons (Fsp3) is 0.385. The van der Waals surface area contributed by atoms with Gasteiger partial charge in [-0.25, -0.2) is 9.59 Å². The molecule has 0 heterocycles. The van der Waals surface area contributed by atoms with Crippen molar-refractivity contribution in [1.29, 1.82) is 0 Å². The molecule has 0 unspecified atom stereocenters. The van der Waals surface area contributed by atoms with Crippen LogP contribution in [0.5, 0.6) is 0 Å². The van der Waals surface area contributed by atoms with Gasteiger partial charge in [0.1, 0.15) is 0 Å². The van der Waals surface area contributed by atoms with Crippen LogP contribution in [0.15, 0.2) is 24.3 Å². The van der Waals surface area contributed by atoms with Gasteiger partial charge in [0.15, 0.2) is 0 Å². The van der Waals surface area contributed by atoms with Gasteiger partial charge in [0.2, 0.25) is 0 Å². The second-order valence-electron chi connectivity index (χ2n) is 4.45. The number of benzene rings is 1. The van der Waals surface area contributed by atoms with Crippen LogP contribution < -0.4 is 10.6 Å². The lowest BCUT2D eigenvalue weighted by molar-refractivity contribution is 0.0697. The Morgan fingerprint density at radius 2 is 2.06 bits per heavy atom. The average molecular weight is 250 g/mol. The minimum Gasteiger partial charge on any atom is -0.478 e. The van der Waals surface area contributed by atoms with Crippen molar-refractivity contribution >= 4 is 17.7 Å². The van der Waals surface area contributed by atoms with Crippen molar-refractivity contribution in [3.8, 4) is 0 Å². The van der Waals surface area contributed by atoms with Crippen molar-refractivity contribution < 1.29 is 14.7 Å². The molecule has 0 aromatic heterocycles. The topological polar surface area (TPSA) is 78.4 Å². The van der Waals surface area contributed by atoms with E-state index >= 15 is 0 Å². The predicted molar refractivity (Wildman–Crippen MR) is 69.9 cm³/mol. The van der Waals surface area contributed by atoms with Gasteiger partial charge in [-0.3, -0.25) is 0 Å². The quantitative estimate of drug-likeness (QED) is 0.751. The van der Waals surface area contributed by atoms with E-state index in [1.807, 2.05) is 0 Å². The summed E-state index contributed by atoms with van der Waals surface area (Å²) in [6.07, 6.45) is 0.905. The monoisotopic (exact) mass is 250 g/mol. The minimum atomic E-state index is -1.01. The molecule has 0 saturated heterocycles. The average Bonchev–Trinajstić information content (AvgIpc) is 2.28. The number of hydrogen-bond acceptors (Lipinski definition) is 2. The van der Waals surface area contributed by atoms with Crippen molar-refractivity contribution in [2.24, 2.45) is 5.92 Å². The minimum absolute atomic E-state index is 0.148. The number of aromatic carboxylic acids is 1. The number of nitrogens with one attached hydrogen (secondary N) is 2. The molecule has 0 spiro atoms. The molecular formula is C13H18N2O3. The Balaban J connectivity index is 2.49. The van der Waals surface area contributed by atoms with Crippen LogP contribution in [-0.2, 0) is 0 Å². The molecule has 0 aliphatic heterocycles. The maximum absolute atomic E-state index is 11.5.